The molecule has 0 saturated heterocycles. The fourth-order valence-corrected chi connectivity index (χ4v) is 5.43. The van der Waals surface area contributed by atoms with Gasteiger partial charge in [0.05, 0.1) is 10.6 Å². The monoisotopic (exact) mass is 368 g/mol. The third kappa shape index (κ3) is 2.62. The molecule has 25 heavy (non-hydrogen) atoms. The highest BCUT2D eigenvalue weighted by Gasteiger charge is 2.25. The number of aromatic nitrogens is 2. The van der Waals surface area contributed by atoms with Crippen molar-refractivity contribution in [2.75, 3.05) is 0 Å². The van der Waals surface area contributed by atoms with E-state index in [1.54, 1.807) is 23.4 Å². The van der Waals surface area contributed by atoms with Crippen molar-refractivity contribution in [3.05, 3.63) is 79.8 Å². The van der Waals surface area contributed by atoms with Crippen molar-refractivity contribution in [1.82, 2.24) is 9.13 Å². The summed E-state index contributed by atoms with van der Waals surface area (Å²) in [5.74, 6) is 0. The Bertz CT molecular complexity index is 1130. The summed E-state index contributed by atoms with van der Waals surface area (Å²) < 4.78 is 2.76. The summed E-state index contributed by atoms with van der Waals surface area (Å²) >= 11 is 3.21. The number of nitrogens with zero attached hydrogens (tertiary/aromatic N) is 2. The Kier molecular flexibility index (Phi) is 4.01. The minimum absolute atomic E-state index is 0.0198. The maximum absolute atomic E-state index is 12.8. The Hall–Kier alpha value is -2.31. The molecular formula is C19H16N2O2S2. The van der Waals surface area contributed by atoms with Gasteiger partial charge in [-0.2, -0.15) is 0 Å². The maximum Gasteiger partial charge on any atom is 0.331 e. The van der Waals surface area contributed by atoms with Gasteiger partial charge in [-0.1, -0.05) is 36.4 Å². The molecule has 0 bridgehead atoms. The summed E-state index contributed by atoms with van der Waals surface area (Å²) in [5, 5.41) is 0.667. The normalized spacial score (nSPS) is 16.2. The lowest BCUT2D eigenvalue weighted by atomic mass is 10.1. The molecule has 0 amide bonds. The van der Waals surface area contributed by atoms with E-state index < -0.39 is 0 Å². The Morgan fingerprint density at radius 2 is 1.80 bits per heavy atom. The number of hydrogen-bond acceptors (Lipinski definition) is 4. The van der Waals surface area contributed by atoms with Crippen molar-refractivity contribution in [3.63, 3.8) is 0 Å². The van der Waals surface area contributed by atoms with E-state index in [0.29, 0.717) is 5.39 Å². The number of benzene rings is 1. The fraction of sp³-hybridized carbons (Fsp3) is 0.158. The topological polar surface area (TPSA) is 44.0 Å². The number of thioether (sulfide) groups is 1. The van der Waals surface area contributed by atoms with E-state index in [1.807, 2.05) is 36.4 Å². The van der Waals surface area contributed by atoms with Crippen LogP contribution in [0.1, 0.15) is 15.7 Å². The number of thiophene rings is 1. The average Bonchev–Trinajstić information content (AvgIpc) is 2.91. The Labute approximate surface area is 152 Å². The number of allylic oxidation sites excluding steroid dienone is 2. The fourth-order valence-electron chi connectivity index (χ4n) is 3.01. The molecule has 4 nitrogen and oxygen atoms in total. The first-order valence-corrected chi connectivity index (χ1v) is 9.56. The molecule has 3 aromatic rings. The minimum Gasteiger partial charge on any atom is -0.287 e. The molecule has 0 spiro atoms. The highest BCUT2D eigenvalue weighted by molar-refractivity contribution is 7.99. The molecule has 1 atom stereocenters. The summed E-state index contributed by atoms with van der Waals surface area (Å²) in [4.78, 5) is 28.0. The number of fused-ring (bicyclic) bond motifs is 3. The van der Waals surface area contributed by atoms with Crippen molar-refractivity contribution < 1.29 is 0 Å². The van der Waals surface area contributed by atoms with Crippen LogP contribution in [0.15, 0.2) is 63.0 Å². The second-order valence-corrected chi connectivity index (χ2v) is 8.11. The zero-order chi connectivity index (χ0) is 17.6. The lowest BCUT2D eigenvalue weighted by Crippen LogP contribution is -2.36. The van der Waals surface area contributed by atoms with Crippen molar-refractivity contribution in [1.29, 1.82) is 0 Å². The van der Waals surface area contributed by atoms with Crippen molar-refractivity contribution in [3.8, 4) is 0 Å². The third-order valence-electron chi connectivity index (χ3n) is 4.29. The number of aryl methyl sites for hydroxylation is 1. The maximum atomic E-state index is 12.8. The standard InChI is InChI=1S/C19H16N2O2S2/c1-20-17(22)16-15-13(24-12-8-4-3-5-9-12)10-6-7-11-14(15)25-18(16)21(2)19(20)23/h3-11,13H,1-2H3. The van der Waals surface area contributed by atoms with Gasteiger partial charge in [0.1, 0.15) is 4.83 Å². The van der Waals surface area contributed by atoms with E-state index in [2.05, 4.69) is 18.2 Å². The molecular weight excluding hydrogens is 352 g/mol. The van der Waals surface area contributed by atoms with E-state index >= 15 is 0 Å². The molecule has 1 aromatic carbocycles. The van der Waals surface area contributed by atoms with Crippen LogP contribution in [0.5, 0.6) is 0 Å². The van der Waals surface area contributed by atoms with Crippen molar-refractivity contribution in [2.45, 2.75) is 10.1 Å². The molecule has 1 aliphatic rings. The molecule has 0 fully saturated rings. The lowest BCUT2D eigenvalue weighted by Gasteiger charge is -2.13. The van der Waals surface area contributed by atoms with Crippen LogP contribution in [0.2, 0.25) is 0 Å². The highest BCUT2D eigenvalue weighted by Crippen LogP contribution is 2.44. The third-order valence-corrected chi connectivity index (χ3v) is 6.73. The molecule has 0 N–H and O–H groups in total. The Morgan fingerprint density at radius 3 is 2.56 bits per heavy atom. The first kappa shape index (κ1) is 16.2. The van der Waals surface area contributed by atoms with Crippen LogP contribution >= 0.6 is 23.1 Å². The van der Waals surface area contributed by atoms with Gasteiger partial charge in [0.2, 0.25) is 0 Å². The van der Waals surface area contributed by atoms with Gasteiger partial charge in [-0.3, -0.25) is 13.9 Å². The number of rotatable bonds is 2. The zero-order valence-electron chi connectivity index (χ0n) is 13.8. The van der Waals surface area contributed by atoms with Gasteiger partial charge < -0.3 is 0 Å². The van der Waals surface area contributed by atoms with Gasteiger partial charge >= 0.3 is 5.69 Å². The molecule has 1 unspecified atom stereocenters. The van der Waals surface area contributed by atoms with Crippen LogP contribution in [0.3, 0.4) is 0 Å². The van der Waals surface area contributed by atoms with Crippen LogP contribution in [-0.4, -0.2) is 9.13 Å². The Balaban J connectivity index is 1.99. The van der Waals surface area contributed by atoms with E-state index in [1.165, 1.54) is 23.0 Å². The van der Waals surface area contributed by atoms with Gasteiger partial charge in [-0.15, -0.1) is 23.1 Å². The van der Waals surface area contributed by atoms with Gasteiger partial charge in [-0.25, -0.2) is 4.79 Å². The first-order chi connectivity index (χ1) is 12.1. The summed E-state index contributed by atoms with van der Waals surface area (Å²) in [5.41, 5.74) is 0.480. The second-order valence-electron chi connectivity index (χ2n) is 5.86. The smallest absolute Gasteiger partial charge is 0.287 e. The minimum atomic E-state index is -0.291. The molecule has 4 rings (SSSR count). The van der Waals surface area contributed by atoms with Gasteiger partial charge in [-0.05, 0) is 18.2 Å². The molecule has 0 radical (unpaired) electrons. The van der Waals surface area contributed by atoms with Crippen LogP contribution in [-0.2, 0) is 14.1 Å². The first-order valence-electron chi connectivity index (χ1n) is 7.87. The van der Waals surface area contributed by atoms with E-state index in [0.717, 1.165) is 20.2 Å². The summed E-state index contributed by atoms with van der Waals surface area (Å²) in [6.07, 6.45) is 8.14. The van der Waals surface area contributed by atoms with E-state index in [4.69, 9.17) is 0 Å². The zero-order valence-corrected chi connectivity index (χ0v) is 15.4. The van der Waals surface area contributed by atoms with Gasteiger partial charge in [0.25, 0.3) is 5.56 Å². The second kappa shape index (κ2) is 6.20. The van der Waals surface area contributed by atoms with Crippen LogP contribution in [0, 0.1) is 0 Å². The van der Waals surface area contributed by atoms with Crippen LogP contribution in [0.4, 0.5) is 0 Å². The van der Waals surface area contributed by atoms with Crippen LogP contribution in [0.25, 0.3) is 16.3 Å². The molecule has 0 aliphatic heterocycles. The predicted octanol–water partition coefficient (Wildman–Crippen LogP) is 3.72. The van der Waals surface area contributed by atoms with Crippen LogP contribution < -0.4 is 11.2 Å². The molecule has 6 heteroatoms. The van der Waals surface area contributed by atoms with E-state index in [9.17, 15) is 9.59 Å². The quantitative estimate of drug-likeness (QED) is 0.692. The summed E-state index contributed by atoms with van der Waals surface area (Å²) in [7, 11) is 3.26. The van der Waals surface area contributed by atoms with Gasteiger partial charge in [0.15, 0.2) is 0 Å². The number of hydrogen-bond donors (Lipinski definition) is 0. The average molecular weight is 368 g/mol. The molecule has 126 valence electrons. The summed E-state index contributed by atoms with van der Waals surface area (Å²) in [6, 6.07) is 10.1. The largest absolute Gasteiger partial charge is 0.331 e. The van der Waals surface area contributed by atoms with Crippen molar-refractivity contribution in [2.24, 2.45) is 14.1 Å². The van der Waals surface area contributed by atoms with Gasteiger partial charge in [0, 0.05) is 29.4 Å². The summed E-state index contributed by atoms with van der Waals surface area (Å²) in [6.45, 7) is 0. The van der Waals surface area contributed by atoms with Crippen molar-refractivity contribution >= 4 is 39.4 Å². The predicted molar refractivity (Wildman–Crippen MR) is 106 cm³/mol. The molecule has 2 aromatic heterocycles. The Morgan fingerprint density at radius 1 is 1.04 bits per heavy atom. The SMILES string of the molecule is Cn1c(=O)c2c3c(sc2n(C)c1=O)C=CC=CC3Sc1ccccc1. The lowest BCUT2D eigenvalue weighted by molar-refractivity contribution is 0.716. The molecule has 2 heterocycles. The molecule has 0 saturated carbocycles. The molecule has 1 aliphatic carbocycles. The highest BCUT2D eigenvalue weighted by atomic mass is 32.2. The van der Waals surface area contributed by atoms with E-state index in [-0.39, 0.29) is 16.5 Å².